The highest BCUT2D eigenvalue weighted by Gasteiger charge is 2.09. The van der Waals surface area contributed by atoms with Gasteiger partial charge in [0.05, 0.1) is 0 Å². The van der Waals surface area contributed by atoms with Crippen LogP contribution in [0.5, 0.6) is 5.75 Å². The van der Waals surface area contributed by atoms with Gasteiger partial charge in [0.25, 0.3) is 5.91 Å². The highest BCUT2D eigenvalue weighted by molar-refractivity contribution is 6.04. The Morgan fingerprint density at radius 1 is 1.00 bits per heavy atom. The van der Waals surface area contributed by atoms with Crippen molar-refractivity contribution in [1.29, 1.82) is 0 Å². The predicted molar refractivity (Wildman–Crippen MR) is 86.1 cm³/mol. The molecule has 114 valence electrons. The van der Waals surface area contributed by atoms with E-state index < -0.39 is 0 Å². The highest BCUT2D eigenvalue weighted by atomic mass is 16.5. The molecule has 0 radical (unpaired) electrons. The van der Waals surface area contributed by atoms with E-state index in [1.165, 1.54) is 0 Å². The molecule has 1 N–H and O–H groups in total. The van der Waals surface area contributed by atoms with Gasteiger partial charge in [-0.3, -0.25) is 9.59 Å². The van der Waals surface area contributed by atoms with Crippen molar-refractivity contribution < 1.29 is 14.3 Å². The van der Waals surface area contributed by atoms with Gasteiger partial charge in [0.2, 0.25) is 0 Å². The van der Waals surface area contributed by atoms with Gasteiger partial charge in [0.15, 0.2) is 0 Å². The van der Waals surface area contributed by atoms with Crippen LogP contribution in [0.1, 0.15) is 36.2 Å². The number of aryl methyl sites for hydroxylation is 1. The number of esters is 1. The summed E-state index contributed by atoms with van der Waals surface area (Å²) >= 11 is 0. The van der Waals surface area contributed by atoms with Gasteiger partial charge < -0.3 is 10.1 Å². The van der Waals surface area contributed by atoms with Gasteiger partial charge in [0.1, 0.15) is 5.75 Å². The molecule has 2 rings (SSSR count). The van der Waals surface area contributed by atoms with Gasteiger partial charge in [-0.25, -0.2) is 0 Å². The maximum atomic E-state index is 12.3. The summed E-state index contributed by atoms with van der Waals surface area (Å²) in [5.74, 6) is -0.0410. The van der Waals surface area contributed by atoms with Gasteiger partial charge in [-0.1, -0.05) is 32.0 Å². The van der Waals surface area contributed by atoms with Crippen LogP contribution in [0.3, 0.4) is 0 Å². The van der Waals surface area contributed by atoms with Crippen molar-refractivity contribution in [3.05, 3.63) is 59.7 Å². The molecule has 0 spiro atoms. The van der Waals surface area contributed by atoms with Gasteiger partial charge in [-0.2, -0.15) is 0 Å². The van der Waals surface area contributed by atoms with Crippen LogP contribution in [0.4, 0.5) is 5.69 Å². The molecule has 2 aromatic carbocycles. The summed E-state index contributed by atoms with van der Waals surface area (Å²) in [6, 6.07) is 14.2. The number of ether oxygens (including phenoxy) is 1. The number of carbonyl (C=O) groups excluding carboxylic acids is 2. The Kier molecular flexibility index (Phi) is 5.31. The Balaban J connectivity index is 2.08. The number of nitrogens with one attached hydrogen (secondary N) is 1. The molecule has 0 atom stereocenters. The van der Waals surface area contributed by atoms with E-state index >= 15 is 0 Å². The highest BCUT2D eigenvalue weighted by Crippen LogP contribution is 2.18. The molecule has 0 heterocycles. The smallest absolute Gasteiger partial charge is 0.310 e. The topological polar surface area (TPSA) is 55.4 Å². The van der Waals surface area contributed by atoms with Gasteiger partial charge >= 0.3 is 5.97 Å². The van der Waals surface area contributed by atoms with Crippen molar-refractivity contribution in [1.82, 2.24) is 0 Å². The molecule has 2 aromatic rings. The Morgan fingerprint density at radius 3 is 2.32 bits per heavy atom. The standard InChI is InChI=1S/C18H19NO3/c1-3-13-7-5-6-8-16(13)19-18(21)14-9-11-15(12-10-14)22-17(20)4-2/h5-12H,3-4H2,1-2H3,(H,19,21). The zero-order valence-corrected chi connectivity index (χ0v) is 12.8. The molecule has 0 saturated heterocycles. The second-order valence-corrected chi connectivity index (χ2v) is 4.82. The monoisotopic (exact) mass is 297 g/mol. The van der Waals surface area contributed by atoms with Crippen molar-refractivity contribution >= 4 is 17.6 Å². The van der Waals surface area contributed by atoms with E-state index in [1.807, 2.05) is 31.2 Å². The third kappa shape index (κ3) is 3.95. The fourth-order valence-electron chi connectivity index (χ4n) is 2.02. The molecule has 4 nitrogen and oxygen atoms in total. The summed E-state index contributed by atoms with van der Waals surface area (Å²) in [6.45, 7) is 3.77. The minimum absolute atomic E-state index is 0.186. The number of para-hydroxylation sites is 1. The van der Waals surface area contributed by atoms with Crippen LogP contribution in [-0.2, 0) is 11.2 Å². The number of benzene rings is 2. The molecule has 0 bridgehead atoms. The van der Waals surface area contributed by atoms with E-state index in [0.717, 1.165) is 17.7 Å². The number of anilines is 1. The lowest BCUT2D eigenvalue weighted by atomic mass is 10.1. The lowest BCUT2D eigenvalue weighted by Crippen LogP contribution is -2.13. The molecular formula is C18H19NO3. The van der Waals surface area contributed by atoms with Gasteiger partial charge in [-0.05, 0) is 42.3 Å². The normalized spacial score (nSPS) is 10.1. The van der Waals surface area contributed by atoms with Crippen LogP contribution >= 0.6 is 0 Å². The maximum Gasteiger partial charge on any atom is 0.310 e. The van der Waals surface area contributed by atoms with Gasteiger partial charge in [0, 0.05) is 17.7 Å². The van der Waals surface area contributed by atoms with E-state index in [0.29, 0.717) is 17.7 Å². The molecule has 0 unspecified atom stereocenters. The van der Waals surface area contributed by atoms with E-state index in [4.69, 9.17) is 4.74 Å². The average molecular weight is 297 g/mol. The minimum atomic E-state index is -0.297. The Hall–Kier alpha value is -2.62. The van der Waals surface area contributed by atoms with Crippen molar-refractivity contribution in [2.75, 3.05) is 5.32 Å². The third-order valence-corrected chi connectivity index (χ3v) is 3.28. The molecular weight excluding hydrogens is 278 g/mol. The fourth-order valence-corrected chi connectivity index (χ4v) is 2.02. The molecule has 0 fully saturated rings. The van der Waals surface area contributed by atoms with E-state index in [-0.39, 0.29) is 11.9 Å². The van der Waals surface area contributed by atoms with Crippen LogP contribution in [-0.4, -0.2) is 11.9 Å². The first-order valence-corrected chi connectivity index (χ1v) is 7.34. The van der Waals surface area contributed by atoms with Crippen molar-refractivity contribution in [2.45, 2.75) is 26.7 Å². The van der Waals surface area contributed by atoms with Crippen molar-refractivity contribution in [3.63, 3.8) is 0 Å². The third-order valence-electron chi connectivity index (χ3n) is 3.28. The molecule has 22 heavy (non-hydrogen) atoms. The Morgan fingerprint density at radius 2 is 1.68 bits per heavy atom. The zero-order valence-electron chi connectivity index (χ0n) is 12.8. The summed E-state index contributed by atoms with van der Waals surface area (Å²) in [5, 5.41) is 2.90. The summed E-state index contributed by atoms with van der Waals surface area (Å²) in [5.41, 5.74) is 2.42. The van der Waals surface area contributed by atoms with Gasteiger partial charge in [-0.15, -0.1) is 0 Å². The molecule has 0 aromatic heterocycles. The van der Waals surface area contributed by atoms with Crippen molar-refractivity contribution in [2.24, 2.45) is 0 Å². The maximum absolute atomic E-state index is 12.3. The van der Waals surface area contributed by atoms with E-state index in [9.17, 15) is 9.59 Å². The van der Waals surface area contributed by atoms with Crippen LogP contribution in [0.2, 0.25) is 0 Å². The van der Waals surface area contributed by atoms with E-state index in [1.54, 1.807) is 31.2 Å². The second kappa shape index (κ2) is 7.41. The minimum Gasteiger partial charge on any atom is -0.427 e. The first-order chi connectivity index (χ1) is 10.6. The Bertz CT molecular complexity index is 662. The molecule has 0 aliphatic rings. The number of carbonyl (C=O) groups is 2. The molecule has 0 aliphatic carbocycles. The van der Waals surface area contributed by atoms with Crippen LogP contribution < -0.4 is 10.1 Å². The summed E-state index contributed by atoms with van der Waals surface area (Å²) < 4.78 is 5.08. The second-order valence-electron chi connectivity index (χ2n) is 4.82. The number of rotatable bonds is 5. The van der Waals surface area contributed by atoms with E-state index in [2.05, 4.69) is 5.32 Å². The molecule has 0 aliphatic heterocycles. The largest absolute Gasteiger partial charge is 0.427 e. The first kappa shape index (κ1) is 15.8. The molecule has 0 saturated carbocycles. The van der Waals surface area contributed by atoms with Crippen LogP contribution in [0.25, 0.3) is 0 Å². The van der Waals surface area contributed by atoms with Crippen LogP contribution in [0.15, 0.2) is 48.5 Å². The summed E-state index contributed by atoms with van der Waals surface area (Å²) in [4.78, 5) is 23.5. The van der Waals surface area contributed by atoms with Crippen LogP contribution in [0, 0.1) is 0 Å². The molecule has 1 amide bonds. The zero-order chi connectivity index (χ0) is 15.9. The molecule has 4 heteroatoms. The SMILES string of the molecule is CCC(=O)Oc1ccc(C(=O)Nc2ccccc2CC)cc1. The van der Waals surface area contributed by atoms with Crippen molar-refractivity contribution in [3.8, 4) is 5.75 Å². The number of hydrogen-bond acceptors (Lipinski definition) is 3. The quantitative estimate of drug-likeness (QED) is 0.674. The average Bonchev–Trinajstić information content (AvgIpc) is 2.55. The number of amides is 1. The Labute approximate surface area is 130 Å². The fraction of sp³-hybridized carbons (Fsp3) is 0.222. The summed E-state index contributed by atoms with van der Waals surface area (Å²) in [7, 11) is 0. The summed E-state index contributed by atoms with van der Waals surface area (Å²) in [6.07, 6.45) is 1.17. The first-order valence-electron chi connectivity index (χ1n) is 7.34. The lowest BCUT2D eigenvalue weighted by molar-refractivity contribution is -0.134. The predicted octanol–water partition coefficient (Wildman–Crippen LogP) is 3.82. The lowest BCUT2D eigenvalue weighted by Gasteiger charge is -2.10. The number of hydrogen-bond donors (Lipinski definition) is 1.